The van der Waals surface area contributed by atoms with Crippen LogP contribution in [-0.4, -0.2) is 12.0 Å². The van der Waals surface area contributed by atoms with Gasteiger partial charge in [-0.1, -0.05) is 42.5 Å². The molecule has 0 spiro atoms. The zero-order chi connectivity index (χ0) is 16.8. The molecule has 3 N–H and O–H groups in total. The molecular weight excluding hydrogens is 324 g/mol. The second-order valence-corrected chi connectivity index (χ2v) is 5.85. The summed E-state index contributed by atoms with van der Waals surface area (Å²) in [5, 5.41) is 2.95. The SMILES string of the molecule is CC(C)Oc1ccc(C(C)NC(=O)C(N)c2ccccc2)cc1.Cl. The summed E-state index contributed by atoms with van der Waals surface area (Å²) >= 11 is 0. The van der Waals surface area contributed by atoms with Crippen molar-refractivity contribution in [3.8, 4) is 5.75 Å². The Morgan fingerprint density at radius 3 is 2.08 bits per heavy atom. The molecule has 5 heteroatoms. The molecule has 0 aliphatic carbocycles. The van der Waals surface area contributed by atoms with Gasteiger partial charge < -0.3 is 15.8 Å². The van der Waals surface area contributed by atoms with E-state index in [1.165, 1.54) is 0 Å². The van der Waals surface area contributed by atoms with Crippen LogP contribution >= 0.6 is 12.4 Å². The molecule has 0 aromatic heterocycles. The van der Waals surface area contributed by atoms with Crippen molar-refractivity contribution in [2.24, 2.45) is 5.73 Å². The molecule has 0 bridgehead atoms. The fourth-order valence-corrected chi connectivity index (χ4v) is 2.31. The fraction of sp³-hybridized carbons (Fsp3) is 0.316. The standard InChI is InChI=1S/C19H24N2O2.ClH/c1-13(2)23-17-11-9-15(10-12-17)14(3)21-19(22)18(20)16-7-5-4-6-8-16;/h4-14,18H,20H2,1-3H3,(H,21,22);1H. The van der Waals surface area contributed by atoms with Gasteiger partial charge >= 0.3 is 0 Å². The predicted molar refractivity (Wildman–Crippen MR) is 99.4 cm³/mol. The van der Waals surface area contributed by atoms with Gasteiger partial charge in [0.25, 0.3) is 0 Å². The molecule has 24 heavy (non-hydrogen) atoms. The van der Waals surface area contributed by atoms with Crippen LogP contribution in [0.5, 0.6) is 5.75 Å². The van der Waals surface area contributed by atoms with Crippen molar-refractivity contribution >= 4 is 18.3 Å². The number of nitrogens with one attached hydrogen (secondary N) is 1. The summed E-state index contributed by atoms with van der Waals surface area (Å²) in [5.41, 5.74) is 7.82. The van der Waals surface area contributed by atoms with Crippen molar-refractivity contribution in [3.63, 3.8) is 0 Å². The first-order valence-electron chi connectivity index (χ1n) is 7.85. The molecule has 2 rings (SSSR count). The van der Waals surface area contributed by atoms with E-state index in [0.29, 0.717) is 0 Å². The van der Waals surface area contributed by atoms with Gasteiger partial charge in [-0.2, -0.15) is 0 Å². The second-order valence-electron chi connectivity index (χ2n) is 5.85. The van der Waals surface area contributed by atoms with Crippen LogP contribution in [0.25, 0.3) is 0 Å². The first-order chi connectivity index (χ1) is 11.0. The average Bonchev–Trinajstić information content (AvgIpc) is 2.55. The van der Waals surface area contributed by atoms with Gasteiger partial charge in [-0.05, 0) is 44.0 Å². The maximum absolute atomic E-state index is 12.3. The minimum atomic E-state index is -0.665. The van der Waals surface area contributed by atoms with Gasteiger partial charge in [-0.3, -0.25) is 4.79 Å². The first kappa shape index (κ1) is 20.0. The molecular formula is C19H25ClN2O2. The molecule has 0 aliphatic rings. The number of carbonyl (C=O) groups excluding carboxylic acids is 1. The maximum atomic E-state index is 12.3. The summed E-state index contributed by atoms with van der Waals surface area (Å²) in [4.78, 5) is 12.3. The fourth-order valence-electron chi connectivity index (χ4n) is 2.31. The summed E-state index contributed by atoms with van der Waals surface area (Å²) in [5.74, 6) is 0.634. The van der Waals surface area contributed by atoms with Gasteiger partial charge in [-0.25, -0.2) is 0 Å². The van der Waals surface area contributed by atoms with Gasteiger partial charge in [0, 0.05) is 0 Å². The molecule has 1 amide bonds. The Balaban J connectivity index is 0.00000288. The molecule has 0 heterocycles. The number of hydrogen-bond donors (Lipinski definition) is 2. The molecule has 0 saturated heterocycles. The van der Waals surface area contributed by atoms with Crippen molar-refractivity contribution in [1.29, 1.82) is 0 Å². The van der Waals surface area contributed by atoms with Gasteiger partial charge in [0.2, 0.25) is 5.91 Å². The summed E-state index contributed by atoms with van der Waals surface area (Å²) in [7, 11) is 0. The highest BCUT2D eigenvalue weighted by atomic mass is 35.5. The summed E-state index contributed by atoms with van der Waals surface area (Å²) in [6.45, 7) is 5.91. The van der Waals surface area contributed by atoms with E-state index in [1.807, 2.05) is 75.4 Å². The highest BCUT2D eigenvalue weighted by molar-refractivity contribution is 5.85. The minimum absolute atomic E-state index is 0. The summed E-state index contributed by atoms with van der Waals surface area (Å²) < 4.78 is 5.62. The Bertz CT molecular complexity index is 630. The van der Waals surface area contributed by atoms with E-state index in [-0.39, 0.29) is 30.5 Å². The van der Waals surface area contributed by atoms with Crippen molar-refractivity contribution in [1.82, 2.24) is 5.32 Å². The number of halogens is 1. The normalized spacial score (nSPS) is 12.9. The number of rotatable bonds is 6. The van der Waals surface area contributed by atoms with Crippen LogP contribution in [0.3, 0.4) is 0 Å². The number of benzene rings is 2. The smallest absolute Gasteiger partial charge is 0.241 e. The van der Waals surface area contributed by atoms with E-state index in [0.717, 1.165) is 16.9 Å². The van der Waals surface area contributed by atoms with Crippen LogP contribution in [-0.2, 0) is 4.79 Å². The molecule has 0 aliphatic heterocycles. The Morgan fingerprint density at radius 1 is 0.958 bits per heavy atom. The van der Waals surface area contributed by atoms with Crippen molar-refractivity contribution in [2.75, 3.05) is 0 Å². The number of hydrogen-bond acceptors (Lipinski definition) is 3. The van der Waals surface area contributed by atoms with Crippen molar-refractivity contribution in [2.45, 2.75) is 39.0 Å². The van der Waals surface area contributed by atoms with E-state index >= 15 is 0 Å². The quantitative estimate of drug-likeness (QED) is 0.835. The maximum Gasteiger partial charge on any atom is 0.241 e. The Kier molecular flexibility index (Phi) is 7.75. The van der Waals surface area contributed by atoms with Crippen molar-refractivity contribution < 1.29 is 9.53 Å². The van der Waals surface area contributed by atoms with E-state index in [2.05, 4.69) is 5.32 Å². The number of nitrogens with two attached hydrogens (primary N) is 1. The van der Waals surface area contributed by atoms with Crippen LogP contribution in [0.1, 0.15) is 44.0 Å². The Morgan fingerprint density at radius 2 is 1.54 bits per heavy atom. The van der Waals surface area contributed by atoms with Gasteiger partial charge in [0.15, 0.2) is 0 Å². The van der Waals surface area contributed by atoms with Gasteiger partial charge in [-0.15, -0.1) is 12.4 Å². The number of ether oxygens (including phenoxy) is 1. The van der Waals surface area contributed by atoms with E-state index in [9.17, 15) is 4.79 Å². The van der Waals surface area contributed by atoms with Crippen LogP contribution in [0.2, 0.25) is 0 Å². The lowest BCUT2D eigenvalue weighted by atomic mass is 10.0. The monoisotopic (exact) mass is 348 g/mol. The lowest BCUT2D eigenvalue weighted by Crippen LogP contribution is -2.35. The minimum Gasteiger partial charge on any atom is -0.491 e. The third-order valence-electron chi connectivity index (χ3n) is 3.55. The van der Waals surface area contributed by atoms with E-state index < -0.39 is 6.04 Å². The average molecular weight is 349 g/mol. The molecule has 2 aromatic carbocycles. The van der Waals surface area contributed by atoms with Crippen LogP contribution in [0, 0.1) is 0 Å². The third kappa shape index (κ3) is 5.55. The summed E-state index contributed by atoms with van der Waals surface area (Å²) in [6.07, 6.45) is 0.141. The molecule has 4 nitrogen and oxygen atoms in total. The van der Waals surface area contributed by atoms with E-state index in [1.54, 1.807) is 0 Å². The molecule has 0 radical (unpaired) electrons. The molecule has 2 atom stereocenters. The third-order valence-corrected chi connectivity index (χ3v) is 3.55. The number of carbonyl (C=O) groups is 1. The van der Waals surface area contributed by atoms with Crippen LogP contribution in [0.15, 0.2) is 54.6 Å². The Hall–Kier alpha value is -2.04. The van der Waals surface area contributed by atoms with Crippen LogP contribution < -0.4 is 15.8 Å². The molecule has 130 valence electrons. The topological polar surface area (TPSA) is 64.3 Å². The predicted octanol–water partition coefficient (Wildman–Crippen LogP) is 3.77. The molecule has 0 fully saturated rings. The van der Waals surface area contributed by atoms with Crippen molar-refractivity contribution in [3.05, 3.63) is 65.7 Å². The second kappa shape index (κ2) is 9.30. The van der Waals surface area contributed by atoms with Gasteiger partial charge in [0.1, 0.15) is 11.8 Å². The molecule has 2 aromatic rings. The molecule has 2 unspecified atom stereocenters. The highest BCUT2D eigenvalue weighted by Crippen LogP contribution is 2.19. The lowest BCUT2D eigenvalue weighted by molar-refractivity contribution is -0.123. The summed E-state index contributed by atoms with van der Waals surface area (Å²) in [6, 6.07) is 16.3. The highest BCUT2D eigenvalue weighted by Gasteiger charge is 2.18. The first-order valence-corrected chi connectivity index (χ1v) is 7.85. The Labute approximate surface area is 149 Å². The zero-order valence-electron chi connectivity index (χ0n) is 14.2. The molecule has 0 saturated carbocycles. The zero-order valence-corrected chi connectivity index (χ0v) is 15.0. The largest absolute Gasteiger partial charge is 0.491 e. The van der Waals surface area contributed by atoms with E-state index in [4.69, 9.17) is 10.5 Å². The van der Waals surface area contributed by atoms with Gasteiger partial charge in [0.05, 0.1) is 12.1 Å². The lowest BCUT2D eigenvalue weighted by Gasteiger charge is -2.18. The van der Waals surface area contributed by atoms with Crippen LogP contribution in [0.4, 0.5) is 0 Å². The number of amides is 1.